The van der Waals surface area contributed by atoms with E-state index in [2.05, 4.69) is 5.16 Å². The van der Waals surface area contributed by atoms with Gasteiger partial charge < -0.3 is 15.0 Å². The Hall–Kier alpha value is -1.88. The molecule has 0 amide bonds. The summed E-state index contributed by atoms with van der Waals surface area (Å²) >= 11 is 0. The monoisotopic (exact) mass is 262 g/mol. The third-order valence-electron chi connectivity index (χ3n) is 3.42. The zero-order valence-electron chi connectivity index (χ0n) is 10.4. The second-order valence-electron chi connectivity index (χ2n) is 4.73. The van der Waals surface area contributed by atoms with Gasteiger partial charge in [-0.25, -0.2) is 4.39 Å². The molecule has 0 saturated carbocycles. The molecular formula is C14H15FN2O2. The van der Waals surface area contributed by atoms with Gasteiger partial charge in [0, 0.05) is 12.5 Å². The fourth-order valence-corrected chi connectivity index (χ4v) is 2.46. The lowest BCUT2D eigenvalue weighted by molar-refractivity contribution is 0.0785. The summed E-state index contributed by atoms with van der Waals surface area (Å²) < 4.78 is 23.6. The van der Waals surface area contributed by atoms with E-state index in [-0.39, 0.29) is 17.6 Å². The Morgan fingerprint density at radius 3 is 2.74 bits per heavy atom. The van der Waals surface area contributed by atoms with Crippen molar-refractivity contribution >= 4 is 5.88 Å². The highest BCUT2D eigenvalue weighted by atomic mass is 19.1. The van der Waals surface area contributed by atoms with Crippen LogP contribution in [0.5, 0.6) is 0 Å². The molecule has 0 aliphatic carbocycles. The van der Waals surface area contributed by atoms with E-state index >= 15 is 0 Å². The largest absolute Gasteiger partial charge is 0.381 e. The maximum Gasteiger partial charge on any atom is 0.230 e. The zero-order chi connectivity index (χ0) is 13.2. The minimum absolute atomic E-state index is 0.190. The van der Waals surface area contributed by atoms with Crippen molar-refractivity contribution < 1.29 is 13.7 Å². The smallest absolute Gasteiger partial charge is 0.230 e. The van der Waals surface area contributed by atoms with Crippen molar-refractivity contribution in [2.75, 3.05) is 18.9 Å². The fraction of sp³-hybridized carbons (Fsp3) is 0.357. The van der Waals surface area contributed by atoms with Gasteiger partial charge in [-0.1, -0.05) is 17.3 Å². The second-order valence-corrected chi connectivity index (χ2v) is 4.73. The van der Waals surface area contributed by atoms with Crippen LogP contribution in [-0.2, 0) is 4.74 Å². The van der Waals surface area contributed by atoms with Crippen LogP contribution in [-0.4, -0.2) is 18.4 Å². The molecule has 1 fully saturated rings. The lowest BCUT2D eigenvalue weighted by atomic mass is 9.93. The Labute approximate surface area is 110 Å². The molecule has 1 aliphatic rings. The summed E-state index contributed by atoms with van der Waals surface area (Å²) in [4.78, 5) is 0. The van der Waals surface area contributed by atoms with Gasteiger partial charge in [0.1, 0.15) is 5.82 Å². The van der Waals surface area contributed by atoms with Gasteiger partial charge in [0.2, 0.25) is 5.88 Å². The fourth-order valence-electron chi connectivity index (χ4n) is 2.46. The molecule has 0 radical (unpaired) electrons. The molecule has 3 rings (SSSR count). The molecule has 2 N–H and O–H groups in total. The summed E-state index contributed by atoms with van der Waals surface area (Å²) in [6, 6.07) is 6.18. The van der Waals surface area contributed by atoms with E-state index < -0.39 is 0 Å². The van der Waals surface area contributed by atoms with Crippen LogP contribution in [0.3, 0.4) is 0 Å². The van der Waals surface area contributed by atoms with E-state index in [1.807, 2.05) is 0 Å². The van der Waals surface area contributed by atoms with Crippen molar-refractivity contribution in [3.05, 3.63) is 35.8 Å². The molecule has 4 nitrogen and oxygen atoms in total. The van der Waals surface area contributed by atoms with Gasteiger partial charge in [0.25, 0.3) is 0 Å². The standard InChI is InChI=1S/C14H15FN2O2/c15-11-5-3-9(4-6-11)12-13(17-19-14(12)16)10-2-1-7-18-8-10/h3-6,10H,1-2,7-8,16H2. The van der Waals surface area contributed by atoms with Crippen LogP contribution in [0.4, 0.5) is 10.3 Å². The predicted molar refractivity (Wildman–Crippen MR) is 69.1 cm³/mol. The molecule has 2 heterocycles. The molecule has 5 heteroatoms. The van der Waals surface area contributed by atoms with Crippen molar-refractivity contribution in [3.8, 4) is 11.1 Å². The molecule has 1 unspecified atom stereocenters. The molecule has 0 spiro atoms. The highest BCUT2D eigenvalue weighted by molar-refractivity contribution is 5.75. The highest BCUT2D eigenvalue weighted by Crippen LogP contribution is 2.36. The van der Waals surface area contributed by atoms with Crippen LogP contribution < -0.4 is 5.73 Å². The number of rotatable bonds is 2. The number of nitrogens with zero attached hydrogens (tertiary/aromatic N) is 1. The Kier molecular flexibility index (Phi) is 3.21. The third kappa shape index (κ3) is 2.33. The number of halogens is 1. The number of anilines is 1. The molecule has 1 saturated heterocycles. The number of hydrogen-bond donors (Lipinski definition) is 1. The van der Waals surface area contributed by atoms with Gasteiger partial charge in [0.15, 0.2) is 0 Å². The molecule has 1 aromatic carbocycles. The summed E-state index contributed by atoms with van der Waals surface area (Å²) in [6.45, 7) is 1.41. The Morgan fingerprint density at radius 1 is 1.26 bits per heavy atom. The topological polar surface area (TPSA) is 61.3 Å². The lowest BCUT2D eigenvalue weighted by Gasteiger charge is -2.20. The van der Waals surface area contributed by atoms with E-state index in [0.717, 1.165) is 36.3 Å². The lowest BCUT2D eigenvalue weighted by Crippen LogP contribution is -2.16. The number of ether oxygens (including phenoxy) is 1. The first-order valence-electron chi connectivity index (χ1n) is 6.34. The van der Waals surface area contributed by atoms with Gasteiger partial charge in [-0.2, -0.15) is 0 Å². The summed E-state index contributed by atoms with van der Waals surface area (Å²) in [5, 5.41) is 4.06. The highest BCUT2D eigenvalue weighted by Gasteiger charge is 2.25. The van der Waals surface area contributed by atoms with Crippen molar-refractivity contribution in [1.82, 2.24) is 5.16 Å². The van der Waals surface area contributed by atoms with Crippen molar-refractivity contribution in [2.24, 2.45) is 0 Å². The van der Waals surface area contributed by atoms with Crippen LogP contribution in [0.1, 0.15) is 24.5 Å². The Balaban J connectivity index is 2.00. The normalized spacial score (nSPS) is 19.5. The number of benzene rings is 1. The van der Waals surface area contributed by atoms with Crippen LogP contribution in [0.15, 0.2) is 28.8 Å². The minimum Gasteiger partial charge on any atom is -0.381 e. The van der Waals surface area contributed by atoms with Gasteiger partial charge in [0.05, 0.1) is 17.9 Å². The van der Waals surface area contributed by atoms with Crippen molar-refractivity contribution in [3.63, 3.8) is 0 Å². The average Bonchev–Trinajstić information content (AvgIpc) is 2.83. The van der Waals surface area contributed by atoms with Gasteiger partial charge in [-0.3, -0.25) is 0 Å². The first kappa shape index (κ1) is 12.2. The molecule has 2 aromatic rings. The number of nitrogen functional groups attached to an aromatic ring is 1. The summed E-state index contributed by atoms with van der Waals surface area (Å²) in [5.74, 6) is 0.184. The Bertz CT molecular complexity index is 559. The van der Waals surface area contributed by atoms with E-state index in [4.69, 9.17) is 15.0 Å². The van der Waals surface area contributed by atoms with Gasteiger partial charge in [-0.05, 0) is 30.5 Å². The number of nitrogens with two attached hydrogens (primary N) is 1. The van der Waals surface area contributed by atoms with E-state index in [1.54, 1.807) is 12.1 Å². The molecule has 0 bridgehead atoms. The molecule has 100 valence electrons. The summed E-state index contributed by atoms with van der Waals surface area (Å²) in [6.07, 6.45) is 2.00. The average molecular weight is 262 g/mol. The summed E-state index contributed by atoms with van der Waals surface area (Å²) in [5.41, 5.74) is 8.24. The number of aromatic nitrogens is 1. The van der Waals surface area contributed by atoms with E-state index in [1.165, 1.54) is 12.1 Å². The zero-order valence-corrected chi connectivity index (χ0v) is 10.4. The molecule has 1 aliphatic heterocycles. The minimum atomic E-state index is -0.277. The van der Waals surface area contributed by atoms with Crippen LogP contribution in [0.2, 0.25) is 0 Å². The molecule has 1 atom stereocenters. The second kappa shape index (κ2) is 5.01. The SMILES string of the molecule is Nc1onc(C2CCCOC2)c1-c1ccc(F)cc1. The van der Waals surface area contributed by atoms with Gasteiger partial charge >= 0.3 is 0 Å². The van der Waals surface area contributed by atoms with Gasteiger partial charge in [-0.15, -0.1) is 0 Å². The van der Waals surface area contributed by atoms with Crippen molar-refractivity contribution in [2.45, 2.75) is 18.8 Å². The van der Waals surface area contributed by atoms with Crippen molar-refractivity contribution in [1.29, 1.82) is 0 Å². The quantitative estimate of drug-likeness (QED) is 0.903. The van der Waals surface area contributed by atoms with Crippen LogP contribution >= 0.6 is 0 Å². The van der Waals surface area contributed by atoms with E-state index in [9.17, 15) is 4.39 Å². The first-order chi connectivity index (χ1) is 9.25. The Morgan fingerprint density at radius 2 is 2.05 bits per heavy atom. The van der Waals surface area contributed by atoms with Crippen LogP contribution in [0, 0.1) is 5.82 Å². The molecule has 19 heavy (non-hydrogen) atoms. The maximum atomic E-state index is 13.0. The molecule has 1 aromatic heterocycles. The predicted octanol–water partition coefficient (Wildman–Crippen LogP) is 2.96. The maximum absolute atomic E-state index is 13.0. The summed E-state index contributed by atoms with van der Waals surface area (Å²) in [7, 11) is 0. The third-order valence-corrected chi connectivity index (χ3v) is 3.42. The number of hydrogen-bond acceptors (Lipinski definition) is 4. The molecular weight excluding hydrogens is 247 g/mol. The van der Waals surface area contributed by atoms with Crippen LogP contribution in [0.25, 0.3) is 11.1 Å². The van der Waals surface area contributed by atoms with E-state index in [0.29, 0.717) is 6.61 Å². The first-order valence-corrected chi connectivity index (χ1v) is 6.34.